The lowest BCUT2D eigenvalue weighted by atomic mass is 9.70. The van der Waals surface area contributed by atoms with E-state index < -0.39 is 11.5 Å². The van der Waals surface area contributed by atoms with Gasteiger partial charge in [0.1, 0.15) is 6.10 Å². The maximum absolute atomic E-state index is 13.3. The number of carbonyl (C=O) groups excluding carboxylic acids is 1. The molecule has 0 spiro atoms. The van der Waals surface area contributed by atoms with Crippen molar-refractivity contribution in [1.29, 1.82) is 5.26 Å². The second-order valence-electron chi connectivity index (χ2n) is 9.74. The molecule has 34 heavy (non-hydrogen) atoms. The smallest absolute Gasteiger partial charge is 0.253 e. The predicted octanol–water partition coefficient (Wildman–Crippen LogP) is 3.16. The third kappa shape index (κ3) is 3.59. The van der Waals surface area contributed by atoms with E-state index in [2.05, 4.69) is 29.8 Å². The number of piperazine rings is 1. The number of nitrogens with one attached hydrogen (secondary N) is 1. The van der Waals surface area contributed by atoms with Crippen LogP contribution in [0.25, 0.3) is 10.9 Å². The Bertz CT molecular complexity index is 1300. The van der Waals surface area contributed by atoms with Crippen molar-refractivity contribution in [2.75, 3.05) is 46.4 Å². The van der Waals surface area contributed by atoms with E-state index >= 15 is 0 Å². The van der Waals surface area contributed by atoms with E-state index in [0.717, 1.165) is 52.9 Å². The van der Waals surface area contributed by atoms with Gasteiger partial charge in [0.2, 0.25) is 0 Å². The summed E-state index contributed by atoms with van der Waals surface area (Å²) < 4.78 is 5.17. The van der Waals surface area contributed by atoms with E-state index in [1.165, 1.54) is 0 Å². The van der Waals surface area contributed by atoms with Crippen molar-refractivity contribution < 1.29 is 14.6 Å². The monoisotopic (exact) mass is 458 g/mol. The number of benzene rings is 2. The number of amides is 1. The second kappa shape index (κ2) is 8.55. The molecule has 2 aliphatic rings. The van der Waals surface area contributed by atoms with E-state index in [1.807, 2.05) is 35.2 Å². The SMILES string of the molecule is COCCN1CCN(C(=O)c2ccc3c(c2)C(C)(C)c2[nH]c4cc(C#N)ccc4c2C3O)CC1. The molecule has 1 aliphatic heterocycles. The van der Waals surface area contributed by atoms with Crippen LogP contribution >= 0.6 is 0 Å². The van der Waals surface area contributed by atoms with Crippen molar-refractivity contribution in [3.05, 3.63) is 69.9 Å². The first-order chi connectivity index (χ1) is 16.3. The average Bonchev–Trinajstić information content (AvgIpc) is 3.26. The Hall–Kier alpha value is -3.18. The van der Waals surface area contributed by atoms with Crippen molar-refractivity contribution in [2.45, 2.75) is 25.4 Å². The number of nitrogens with zero attached hydrogens (tertiary/aromatic N) is 3. The van der Waals surface area contributed by atoms with Gasteiger partial charge in [-0.1, -0.05) is 26.0 Å². The minimum atomic E-state index is -0.798. The quantitative estimate of drug-likeness (QED) is 0.627. The molecule has 176 valence electrons. The van der Waals surface area contributed by atoms with Gasteiger partial charge in [-0.25, -0.2) is 0 Å². The van der Waals surface area contributed by atoms with Gasteiger partial charge < -0.3 is 19.7 Å². The van der Waals surface area contributed by atoms with Crippen LogP contribution in [0.2, 0.25) is 0 Å². The fourth-order valence-electron chi connectivity index (χ4n) is 5.40. The summed E-state index contributed by atoms with van der Waals surface area (Å²) in [5, 5.41) is 21.5. The topological polar surface area (TPSA) is 92.6 Å². The van der Waals surface area contributed by atoms with Crippen molar-refractivity contribution in [1.82, 2.24) is 14.8 Å². The summed E-state index contributed by atoms with van der Waals surface area (Å²) in [5.74, 6) is 0.0283. The number of rotatable bonds is 4. The van der Waals surface area contributed by atoms with Crippen molar-refractivity contribution in [2.24, 2.45) is 0 Å². The Kier molecular flexibility index (Phi) is 5.68. The zero-order chi connectivity index (χ0) is 24.0. The fraction of sp³-hybridized carbons (Fsp3) is 0.407. The molecule has 2 heterocycles. The summed E-state index contributed by atoms with van der Waals surface area (Å²) in [5.41, 5.74) is 5.17. The molecule has 1 atom stereocenters. The highest BCUT2D eigenvalue weighted by molar-refractivity contribution is 5.95. The number of fused-ring (bicyclic) bond motifs is 4. The molecule has 7 nitrogen and oxygen atoms in total. The lowest BCUT2D eigenvalue weighted by Crippen LogP contribution is -2.49. The third-order valence-corrected chi connectivity index (χ3v) is 7.41. The summed E-state index contributed by atoms with van der Waals surface area (Å²) in [6.45, 7) is 8.87. The number of ether oxygens (including phenoxy) is 1. The molecule has 1 amide bonds. The van der Waals surface area contributed by atoms with Crippen LogP contribution < -0.4 is 0 Å². The molecule has 1 saturated heterocycles. The number of aromatic nitrogens is 1. The van der Waals surface area contributed by atoms with Gasteiger partial charge >= 0.3 is 0 Å². The molecule has 0 radical (unpaired) electrons. The summed E-state index contributed by atoms with van der Waals surface area (Å²) in [7, 11) is 1.70. The molecule has 0 saturated carbocycles. The van der Waals surface area contributed by atoms with Crippen LogP contribution in [0.4, 0.5) is 0 Å². The first-order valence-electron chi connectivity index (χ1n) is 11.7. The number of aromatic amines is 1. The Morgan fingerprint density at radius 1 is 1.21 bits per heavy atom. The number of hydrogen-bond donors (Lipinski definition) is 2. The van der Waals surface area contributed by atoms with E-state index in [-0.39, 0.29) is 5.91 Å². The van der Waals surface area contributed by atoms with E-state index in [9.17, 15) is 15.2 Å². The van der Waals surface area contributed by atoms with Gasteiger partial charge in [0.05, 0.1) is 18.2 Å². The van der Waals surface area contributed by atoms with E-state index in [4.69, 9.17) is 4.74 Å². The van der Waals surface area contributed by atoms with E-state index in [0.29, 0.717) is 30.8 Å². The van der Waals surface area contributed by atoms with Crippen LogP contribution in [0.15, 0.2) is 36.4 Å². The van der Waals surface area contributed by atoms with Crippen LogP contribution in [-0.4, -0.2) is 72.2 Å². The summed E-state index contributed by atoms with van der Waals surface area (Å²) in [4.78, 5) is 21.0. The van der Waals surface area contributed by atoms with Gasteiger partial charge in [-0.05, 0) is 35.4 Å². The molecule has 5 rings (SSSR count). The van der Waals surface area contributed by atoms with Crippen LogP contribution in [0, 0.1) is 11.3 Å². The summed E-state index contributed by atoms with van der Waals surface area (Å²) in [6, 6.07) is 13.4. The zero-order valence-electron chi connectivity index (χ0n) is 19.9. The first kappa shape index (κ1) is 22.6. The highest BCUT2D eigenvalue weighted by atomic mass is 16.5. The molecular formula is C27H30N4O3. The number of aliphatic hydroxyl groups excluding tert-OH is 1. The van der Waals surface area contributed by atoms with Crippen LogP contribution in [-0.2, 0) is 10.2 Å². The molecule has 2 aromatic carbocycles. The summed E-state index contributed by atoms with van der Waals surface area (Å²) in [6.07, 6.45) is -0.798. The normalized spacial score (nSPS) is 19.5. The molecule has 1 aromatic heterocycles. The maximum Gasteiger partial charge on any atom is 0.253 e. The van der Waals surface area contributed by atoms with Crippen molar-refractivity contribution >= 4 is 16.8 Å². The standard InChI is InChI=1S/C27H30N4O3/c1-27(2)21-15-18(26(33)31-10-8-30(9-11-31)12-13-34-3)5-7-19(21)24(32)23-20-6-4-17(16-28)14-22(20)29-25(23)27/h4-7,14-15,24,29,32H,8-13H2,1-3H3. The zero-order valence-corrected chi connectivity index (χ0v) is 19.9. The molecular weight excluding hydrogens is 428 g/mol. The molecule has 0 bridgehead atoms. The first-order valence-corrected chi connectivity index (χ1v) is 11.7. The molecule has 1 unspecified atom stereocenters. The minimum absolute atomic E-state index is 0.0283. The molecule has 1 aliphatic carbocycles. The van der Waals surface area contributed by atoms with Gasteiger partial charge in [0.15, 0.2) is 0 Å². The Morgan fingerprint density at radius 2 is 1.97 bits per heavy atom. The number of H-pyrrole nitrogens is 1. The van der Waals surface area contributed by atoms with Gasteiger partial charge in [-0.3, -0.25) is 9.69 Å². The third-order valence-electron chi connectivity index (χ3n) is 7.41. The highest BCUT2D eigenvalue weighted by Crippen LogP contribution is 2.48. The van der Waals surface area contributed by atoms with Gasteiger partial charge in [0.25, 0.3) is 5.91 Å². The van der Waals surface area contributed by atoms with E-state index in [1.54, 1.807) is 13.2 Å². The minimum Gasteiger partial charge on any atom is -0.384 e. The van der Waals surface area contributed by atoms with Crippen LogP contribution in [0.5, 0.6) is 0 Å². The lowest BCUT2D eigenvalue weighted by molar-refractivity contribution is 0.0594. The maximum atomic E-state index is 13.3. The Labute approximate surface area is 199 Å². The molecule has 3 aromatic rings. The Morgan fingerprint density at radius 3 is 2.68 bits per heavy atom. The number of carbonyl (C=O) groups is 1. The van der Waals surface area contributed by atoms with Crippen LogP contribution in [0.1, 0.15) is 58.3 Å². The van der Waals surface area contributed by atoms with Crippen LogP contribution in [0.3, 0.4) is 0 Å². The van der Waals surface area contributed by atoms with Crippen molar-refractivity contribution in [3.8, 4) is 6.07 Å². The Balaban J connectivity index is 1.46. The number of hydrogen-bond acceptors (Lipinski definition) is 5. The van der Waals surface area contributed by atoms with Gasteiger partial charge in [-0.15, -0.1) is 0 Å². The second-order valence-corrected chi connectivity index (χ2v) is 9.74. The highest BCUT2D eigenvalue weighted by Gasteiger charge is 2.40. The number of nitriles is 1. The largest absolute Gasteiger partial charge is 0.384 e. The molecule has 1 fully saturated rings. The lowest BCUT2D eigenvalue weighted by Gasteiger charge is -2.37. The number of aliphatic hydroxyl groups is 1. The van der Waals surface area contributed by atoms with Crippen molar-refractivity contribution in [3.63, 3.8) is 0 Å². The molecule has 7 heteroatoms. The van der Waals surface area contributed by atoms with Gasteiger partial charge in [0, 0.05) is 73.0 Å². The average molecular weight is 459 g/mol. The predicted molar refractivity (Wildman–Crippen MR) is 130 cm³/mol. The summed E-state index contributed by atoms with van der Waals surface area (Å²) >= 11 is 0. The molecule has 2 N–H and O–H groups in total. The van der Waals surface area contributed by atoms with Gasteiger partial charge in [-0.2, -0.15) is 5.26 Å². The fourth-order valence-corrected chi connectivity index (χ4v) is 5.40. The number of methoxy groups -OCH3 is 1.